The highest BCUT2D eigenvalue weighted by Gasteiger charge is 2.52. The van der Waals surface area contributed by atoms with Crippen molar-refractivity contribution in [1.29, 1.82) is 0 Å². The number of para-hydroxylation sites is 3. The fourth-order valence-corrected chi connectivity index (χ4v) is 13.7. The highest BCUT2D eigenvalue weighted by Crippen LogP contribution is 2.62. The molecule has 62 heavy (non-hydrogen) atoms. The molecule has 13 rings (SSSR count). The van der Waals surface area contributed by atoms with Crippen LogP contribution in [0.2, 0.25) is 0 Å². The van der Waals surface area contributed by atoms with Gasteiger partial charge in [-0.3, -0.25) is 0 Å². The molecule has 0 radical (unpaired) electrons. The SMILES string of the molecule is Cc1cc2c(cc1N1c3cc4c(cc3B3c5c1cc1c(c5-c5cccc6c5N3c3ccccc3S6)-c3ccccc3C1(C)C)C(C)(C)c1ccccc1O4)C(C)(C)CCC2(C)C. The molecule has 0 aromatic heterocycles. The summed E-state index contributed by atoms with van der Waals surface area (Å²) >= 11 is 1.91. The molecule has 5 heteroatoms. The minimum atomic E-state index is -0.279. The lowest BCUT2D eigenvalue weighted by atomic mass is 9.42. The van der Waals surface area contributed by atoms with Crippen LogP contribution in [0.5, 0.6) is 11.5 Å². The third-order valence-electron chi connectivity index (χ3n) is 16.0. The third kappa shape index (κ3) is 4.55. The molecule has 0 bridgehead atoms. The van der Waals surface area contributed by atoms with Crippen molar-refractivity contribution in [2.24, 2.45) is 0 Å². The second-order valence-electron chi connectivity index (χ2n) is 21.2. The molecule has 4 heterocycles. The molecule has 304 valence electrons. The van der Waals surface area contributed by atoms with Crippen LogP contribution in [0.15, 0.2) is 131 Å². The molecule has 6 aliphatic rings. The normalized spacial score (nSPS) is 18.8. The van der Waals surface area contributed by atoms with Crippen molar-refractivity contribution in [3.8, 4) is 33.8 Å². The summed E-state index contributed by atoms with van der Waals surface area (Å²) in [7, 11) is 0. The van der Waals surface area contributed by atoms with Crippen LogP contribution >= 0.6 is 11.8 Å². The van der Waals surface area contributed by atoms with E-state index in [0.29, 0.717) is 0 Å². The van der Waals surface area contributed by atoms with E-state index < -0.39 is 0 Å². The maximum atomic E-state index is 7.04. The van der Waals surface area contributed by atoms with Gasteiger partial charge in [0.2, 0.25) is 0 Å². The highest BCUT2D eigenvalue weighted by atomic mass is 32.2. The molecule has 0 fully saturated rings. The van der Waals surface area contributed by atoms with Crippen molar-refractivity contribution in [2.45, 2.75) is 107 Å². The van der Waals surface area contributed by atoms with Gasteiger partial charge in [0, 0.05) is 66.1 Å². The minimum Gasteiger partial charge on any atom is -0.457 e. The number of ether oxygens (including phenoxy) is 1. The Balaban J connectivity index is 1.21. The van der Waals surface area contributed by atoms with Gasteiger partial charge >= 0.3 is 6.85 Å². The Labute approximate surface area is 371 Å². The van der Waals surface area contributed by atoms with E-state index >= 15 is 0 Å². The summed E-state index contributed by atoms with van der Waals surface area (Å²) in [5.74, 6) is 1.89. The van der Waals surface area contributed by atoms with Gasteiger partial charge in [0.15, 0.2) is 0 Å². The number of aryl methyl sites for hydroxylation is 1. The summed E-state index contributed by atoms with van der Waals surface area (Å²) in [4.78, 5) is 8.00. The van der Waals surface area contributed by atoms with Gasteiger partial charge < -0.3 is 14.4 Å². The van der Waals surface area contributed by atoms with Gasteiger partial charge in [0.25, 0.3) is 0 Å². The molecule has 0 N–H and O–H groups in total. The van der Waals surface area contributed by atoms with Gasteiger partial charge in [-0.15, -0.1) is 0 Å². The second kappa shape index (κ2) is 11.9. The molecule has 2 aliphatic carbocycles. The molecule has 4 aliphatic heterocycles. The predicted molar refractivity (Wildman–Crippen MR) is 261 cm³/mol. The van der Waals surface area contributed by atoms with Crippen molar-refractivity contribution in [1.82, 2.24) is 0 Å². The van der Waals surface area contributed by atoms with E-state index in [1.807, 2.05) is 11.8 Å². The van der Waals surface area contributed by atoms with Crippen LogP contribution in [0, 0.1) is 6.92 Å². The van der Waals surface area contributed by atoms with E-state index in [1.165, 1.54) is 117 Å². The topological polar surface area (TPSA) is 15.7 Å². The summed E-state index contributed by atoms with van der Waals surface area (Å²) in [5, 5.41) is 0. The summed E-state index contributed by atoms with van der Waals surface area (Å²) in [5.41, 5.74) is 23.7. The van der Waals surface area contributed by atoms with Crippen molar-refractivity contribution < 1.29 is 4.74 Å². The lowest BCUT2D eigenvalue weighted by Crippen LogP contribution is -2.62. The number of benzene rings is 7. The zero-order valence-electron chi connectivity index (χ0n) is 37.2. The molecule has 0 spiro atoms. The average molecular weight is 823 g/mol. The van der Waals surface area contributed by atoms with Gasteiger partial charge in [-0.1, -0.05) is 146 Å². The van der Waals surface area contributed by atoms with Gasteiger partial charge in [-0.25, -0.2) is 0 Å². The molecule has 3 nitrogen and oxygen atoms in total. The first-order valence-corrected chi connectivity index (χ1v) is 23.4. The summed E-state index contributed by atoms with van der Waals surface area (Å²) < 4.78 is 7.04. The number of rotatable bonds is 1. The second-order valence-corrected chi connectivity index (χ2v) is 22.3. The first-order valence-electron chi connectivity index (χ1n) is 22.6. The van der Waals surface area contributed by atoms with Crippen LogP contribution in [0.1, 0.15) is 107 Å². The van der Waals surface area contributed by atoms with Crippen LogP contribution in [0.4, 0.5) is 28.4 Å². The number of hydrogen-bond acceptors (Lipinski definition) is 4. The molecule has 0 saturated carbocycles. The molecule has 7 aromatic carbocycles. The zero-order valence-corrected chi connectivity index (χ0v) is 38.1. The molecule has 0 saturated heterocycles. The Kier molecular flexibility index (Phi) is 7.08. The summed E-state index contributed by atoms with van der Waals surface area (Å²) in [6.45, 7) is 21.7. The van der Waals surface area contributed by atoms with E-state index in [-0.39, 0.29) is 28.5 Å². The van der Waals surface area contributed by atoms with Crippen LogP contribution in [-0.2, 0) is 21.7 Å². The van der Waals surface area contributed by atoms with Crippen molar-refractivity contribution in [3.05, 3.63) is 160 Å². The first kappa shape index (κ1) is 37.0. The number of fused-ring (bicyclic) bond motifs is 13. The predicted octanol–water partition coefficient (Wildman–Crippen LogP) is 14.3. The quantitative estimate of drug-likeness (QED) is 0.153. The Hall–Kier alpha value is -5.65. The standard InChI is InChI=1S/C57H51BN2OS/c1-32-27-37-38(55(4,5)26-25-54(37,2)3)29-43(32)59-44-31-47-39(57(8,9)36-20-12-14-22-46(36)61-47)28-41(44)58-52-45(59)30-40-50(33-17-10-11-19-35(33)56(40,6)7)51(52)34-18-16-24-49-53(34)60(58)42-21-13-15-23-48(42)62-49/h10-24,27-31H,25-26H2,1-9H3. The highest BCUT2D eigenvalue weighted by molar-refractivity contribution is 7.99. The van der Waals surface area contributed by atoms with E-state index in [2.05, 4.69) is 193 Å². The van der Waals surface area contributed by atoms with Crippen molar-refractivity contribution in [3.63, 3.8) is 0 Å². The largest absolute Gasteiger partial charge is 0.457 e. The monoisotopic (exact) mass is 822 g/mol. The van der Waals surface area contributed by atoms with E-state index in [4.69, 9.17) is 4.74 Å². The van der Waals surface area contributed by atoms with Crippen LogP contribution in [0.3, 0.4) is 0 Å². The Bertz CT molecular complexity index is 3190. The molecule has 0 unspecified atom stereocenters. The van der Waals surface area contributed by atoms with E-state index in [9.17, 15) is 0 Å². The van der Waals surface area contributed by atoms with E-state index in [0.717, 1.165) is 17.9 Å². The summed E-state index contributed by atoms with van der Waals surface area (Å²) in [6.07, 6.45) is 2.35. The Morgan fingerprint density at radius 1 is 0.516 bits per heavy atom. The third-order valence-corrected chi connectivity index (χ3v) is 17.2. The molecule has 0 atom stereocenters. The van der Waals surface area contributed by atoms with Crippen LogP contribution in [-0.4, -0.2) is 6.85 Å². The van der Waals surface area contributed by atoms with Crippen molar-refractivity contribution >= 4 is 58.0 Å². The maximum Gasteiger partial charge on any atom is 0.333 e. The smallest absolute Gasteiger partial charge is 0.333 e. The zero-order chi connectivity index (χ0) is 42.4. The molecule has 0 amide bonds. The van der Waals surface area contributed by atoms with Gasteiger partial charge in [0.05, 0.1) is 5.69 Å². The molecular weight excluding hydrogens is 772 g/mol. The fourth-order valence-electron chi connectivity index (χ4n) is 12.6. The van der Waals surface area contributed by atoms with Gasteiger partial charge in [-0.05, 0) is 122 Å². The average Bonchev–Trinajstić information content (AvgIpc) is 3.48. The molecule has 7 aromatic rings. The number of nitrogens with zero attached hydrogens (tertiary/aromatic N) is 2. The minimum absolute atomic E-state index is 0.0483. The van der Waals surface area contributed by atoms with Gasteiger partial charge in [0.1, 0.15) is 11.5 Å². The van der Waals surface area contributed by atoms with E-state index in [1.54, 1.807) is 0 Å². The maximum absolute atomic E-state index is 7.04. The Morgan fingerprint density at radius 3 is 1.97 bits per heavy atom. The molecular formula is C57H51BN2OS. The fraction of sp³-hybridized carbons (Fsp3) is 0.263. The van der Waals surface area contributed by atoms with Crippen molar-refractivity contribution in [2.75, 3.05) is 9.71 Å². The van der Waals surface area contributed by atoms with Crippen LogP contribution in [0.25, 0.3) is 22.3 Å². The first-order chi connectivity index (χ1) is 29.7. The van der Waals surface area contributed by atoms with Crippen LogP contribution < -0.4 is 25.4 Å². The number of hydrogen-bond donors (Lipinski definition) is 0. The lowest BCUT2D eigenvalue weighted by molar-refractivity contribution is 0.332. The summed E-state index contributed by atoms with van der Waals surface area (Å²) in [6, 6.07) is 46.7. The Morgan fingerprint density at radius 2 is 1.16 bits per heavy atom. The lowest BCUT2D eigenvalue weighted by Gasteiger charge is -2.50. The number of anilines is 5. The van der Waals surface area contributed by atoms with Gasteiger partial charge in [-0.2, -0.15) is 0 Å².